The third-order valence-corrected chi connectivity index (χ3v) is 7.69. The van der Waals surface area contributed by atoms with Gasteiger partial charge in [0.05, 0.1) is 6.04 Å². The van der Waals surface area contributed by atoms with E-state index in [1.807, 2.05) is 62.4 Å². The van der Waals surface area contributed by atoms with Gasteiger partial charge in [0, 0.05) is 5.92 Å². The summed E-state index contributed by atoms with van der Waals surface area (Å²) >= 11 is 0. The number of nitrogens with two attached hydrogens (primary N) is 1. The van der Waals surface area contributed by atoms with Gasteiger partial charge in [-0.25, -0.2) is 4.79 Å². The van der Waals surface area contributed by atoms with Crippen LogP contribution in [0.25, 0.3) is 11.1 Å². The fourth-order valence-corrected chi connectivity index (χ4v) is 5.49. The van der Waals surface area contributed by atoms with Gasteiger partial charge >= 0.3 is 18.0 Å². The van der Waals surface area contributed by atoms with Crippen LogP contribution in [0.5, 0.6) is 0 Å². The van der Waals surface area contributed by atoms with Crippen LogP contribution in [0.1, 0.15) is 54.5 Å². The van der Waals surface area contributed by atoms with E-state index >= 15 is 0 Å². The smallest absolute Gasteiger partial charge is 0.410 e. The first-order valence-corrected chi connectivity index (χ1v) is 14.2. The number of carboxylic acids is 1. The summed E-state index contributed by atoms with van der Waals surface area (Å²) in [6.07, 6.45) is 2.47. The number of aliphatic carboxylic acids is 1. The predicted octanol–water partition coefficient (Wildman–Crippen LogP) is 5.71. The Morgan fingerprint density at radius 3 is 2.10 bits per heavy atom. The van der Waals surface area contributed by atoms with Gasteiger partial charge in [-0.3, -0.25) is 14.5 Å². The number of carboxylic acid groups (broad SMARTS) is 1. The van der Waals surface area contributed by atoms with Crippen LogP contribution in [0.2, 0.25) is 0 Å². The summed E-state index contributed by atoms with van der Waals surface area (Å²) in [5.41, 5.74) is 12.2. The molecule has 8 nitrogen and oxygen atoms in total. The van der Waals surface area contributed by atoms with Gasteiger partial charge in [-0.1, -0.05) is 99.3 Å². The van der Waals surface area contributed by atoms with Crippen molar-refractivity contribution >= 4 is 18.0 Å². The quantitative estimate of drug-likeness (QED) is 0.250. The highest BCUT2D eigenvalue weighted by Gasteiger charge is 2.35. The number of ether oxygens (including phenoxy) is 2. The van der Waals surface area contributed by atoms with Crippen LogP contribution in [0.3, 0.4) is 0 Å². The lowest BCUT2D eigenvalue weighted by Crippen LogP contribution is -2.39. The van der Waals surface area contributed by atoms with Crippen molar-refractivity contribution in [1.82, 2.24) is 4.90 Å². The third kappa shape index (κ3) is 6.89. The van der Waals surface area contributed by atoms with Crippen LogP contribution < -0.4 is 5.73 Å². The summed E-state index contributed by atoms with van der Waals surface area (Å²) in [6.45, 7) is 7.20. The van der Waals surface area contributed by atoms with Gasteiger partial charge in [0.2, 0.25) is 0 Å². The zero-order chi connectivity index (χ0) is 30.2. The number of benzene rings is 3. The van der Waals surface area contributed by atoms with E-state index in [0.717, 1.165) is 39.8 Å². The summed E-state index contributed by atoms with van der Waals surface area (Å²) in [6, 6.07) is 23.4. The molecule has 2 aliphatic rings. The molecule has 3 aromatic rings. The molecule has 220 valence electrons. The number of carbonyl (C=O) groups is 3. The number of aryl methyl sites for hydroxylation is 1. The van der Waals surface area contributed by atoms with Crippen molar-refractivity contribution in [3.8, 4) is 11.1 Å². The Labute approximate surface area is 246 Å². The first-order chi connectivity index (χ1) is 20.2. The van der Waals surface area contributed by atoms with Gasteiger partial charge in [-0.2, -0.15) is 0 Å². The van der Waals surface area contributed by atoms with Gasteiger partial charge in [0.1, 0.15) is 25.8 Å². The van der Waals surface area contributed by atoms with Crippen molar-refractivity contribution < 1.29 is 29.0 Å². The molecule has 2 atom stereocenters. The lowest BCUT2D eigenvalue weighted by molar-refractivity contribution is -0.145. The lowest BCUT2D eigenvalue weighted by atomic mass is 9.98. The second kappa shape index (κ2) is 14.0. The maximum atomic E-state index is 13.1. The molecule has 0 bridgehead atoms. The number of amides is 1. The highest BCUT2D eigenvalue weighted by atomic mass is 16.6. The van der Waals surface area contributed by atoms with Crippen molar-refractivity contribution in [2.24, 2.45) is 11.7 Å². The van der Waals surface area contributed by atoms with E-state index in [0.29, 0.717) is 6.42 Å². The van der Waals surface area contributed by atoms with Gasteiger partial charge in [-0.15, -0.1) is 0 Å². The van der Waals surface area contributed by atoms with Crippen LogP contribution in [-0.2, 0) is 25.5 Å². The van der Waals surface area contributed by atoms with Crippen LogP contribution in [-0.4, -0.2) is 53.8 Å². The molecule has 0 spiro atoms. The number of hydrogen-bond donors (Lipinski definition) is 2. The Bertz CT molecular complexity index is 1390. The average molecular weight is 571 g/mol. The molecule has 0 heterocycles. The first-order valence-electron chi connectivity index (χ1n) is 14.2. The van der Waals surface area contributed by atoms with E-state index in [4.69, 9.17) is 15.2 Å². The standard InChI is InChI=1S/C26H23NO4.C8H15NO2/c28-25(29)15-27(24-14-13-17-7-1-2-8-18(17)24)26(30)31-16-23-21-11-5-3-9-19(21)20-10-4-6-12-22(20)23;1-4-5-11-8(10)7(9)6(2)3/h1-12,23-24H,13-16H2,(H,28,29);4,6-7H,1,5,9H2,2-3H3/t;7-/m.0/s1. The largest absolute Gasteiger partial charge is 0.480 e. The summed E-state index contributed by atoms with van der Waals surface area (Å²) in [7, 11) is 0. The van der Waals surface area contributed by atoms with Gasteiger partial charge < -0.3 is 20.3 Å². The fraction of sp³-hybridized carbons (Fsp3) is 0.324. The monoisotopic (exact) mass is 570 g/mol. The number of rotatable bonds is 9. The van der Waals surface area contributed by atoms with Crippen LogP contribution in [0.4, 0.5) is 4.79 Å². The van der Waals surface area contributed by atoms with Crippen LogP contribution >= 0.6 is 0 Å². The maximum Gasteiger partial charge on any atom is 0.410 e. The number of esters is 1. The van der Waals surface area contributed by atoms with Crippen molar-refractivity contribution in [2.45, 2.75) is 44.7 Å². The van der Waals surface area contributed by atoms with Crippen LogP contribution in [0.15, 0.2) is 85.5 Å². The molecule has 5 rings (SSSR count). The van der Waals surface area contributed by atoms with E-state index in [1.54, 1.807) is 0 Å². The summed E-state index contributed by atoms with van der Waals surface area (Å²) < 4.78 is 10.5. The predicted molar refractivity (Wildman–Crippen MR) is 161 cm³/mol. The molecule has 1 unspecified atom stereocenters. The minimum absolute atomic E-state index is 0.0566. The Hall–Kier alpha value is -4.43. The first kappa shape index (κ1) is 30.5. The SMILES string of the molecule is C=CCOC(=O)[C@@H](N)C(C)C.O=C(O)CN(C(=O)OCC1c2ccccc2-c2ccccc21)C1CCc2ccccc21. The second-order valence-corrected chi connectivity index (χ2v) is 10.8. The minimum Gasteiger partial charge on any atom is -0.480 e. The Kier molecular flexibility index (Phi) is 10.1. The maximum absolute atomic E-state index is 13.1. The zero-order valence-electron chi connectivity index (χ0n) is 24.1. The van der Waals surface area contributed by atoms with Crippen LogP contribution in [0, 0.1) is 5.92 Å². The molecule has 0 saturated heterocycles. The molecule has 0 saturated carbocycles. The average Bonchev–Trinajstić information content (AvgIpc) is 3.56. The zero-order valence-corrected chi connectivity index (χ0v) is 24.1. The molecular formula is C34H38N2O6. The molecule has 42 heavy (non-hydrogen) atoms. The number of nitrogens with zero attached hydrogens (tertiary/aromatic N) is 1. The van der Waals surface area contributed by atoms with E-state index < -0.39 is 18.1 Å². The van der Waals surface area contributed by atoms with Gasteiger partial charge in [-0.05, 0) is 52.1 Å². The molecule has 2 aliphatic carbocycles. The van der Waals surface area contributed by atoms with Gasteiger partial charge in [0.25, 0.3) is 0 Å². The number of fused-ring (bicyclic) bond motifs is 4. The number of hydrogen-bond acceptors (Lipinski definition) is 6. The normalized spacial score (nSPS) is 15.4. The van der Waals surface area contributed by atoms with E-state index in [1.165, 1.54) is 11.0 Å². The summed E-state index contributed by atoms with van der Waals surface area (Å²) in [5.74, 6) is -1.34. The third-order valence-electron chi connectivity index (χ3n) is 7.69. The van der Waals surface area contributed by atoms with Crippen molar-refractivity contribution in [2.75, 3.05) is 19.8 Å². The molecule has 0 radical (unpaired) electrons. The molecule has 8 heteroatoms. The number of carbonyl (C=O) groups excluding carboxylic acids is 2. The highest BCUT2D eigenvalue weighted by Crippen LogP contribution is 2.44. The fourth-order valence-electron chi connectivity index (χ4n) is 5.49. The summed E-state index contributed by atoms with van der Waals surface area (Å²) in [4.78, 5) is 36.9. The van der Waals surface area contributed by atoms with E-state index in [-0.39, 0.29) is 43.6 Å². The van der Waals surface area contributed by atoms with E-state index in [9.17, 15) is 19.5 Å². The molecule has 0 fully saturated rings. The van der Waals surface area contributed by atoms with Gasteiger partial charge in [0.15, 0.2) is 0 Å². The molecular weight excluding hydrogens is 532 g/mol. The Morgan fingerprint density at radius 2 is 1.52 bits per heavy atom. The summed E-state index contributed by atoms with van der Waals surface area (Å²) in [5, 5.41) is 9.43. The molecule has 3 aromatic carbocycles. The topological polar surface area (TPSA) is 119 Å². The molecule has 1 amide bonds. The Balaban J connectivity index is 0.000000315. The van der Waals surface area contributed by atoms with E-state index in [2.05, 4.69) is 30.8 Å². The van der Waals surface area contributed by atoms with Crippen molar-refractivity contribution in [3.05, 3.63) is 108 Å². The molecule has 3 N–H and O–H groups in total. The minimum atomic E-state index is -1.04. The Morgan fingerprint density at radius 1 is 0.952 bits per heavy atom. The highest BCUT2D eigenvalue weighted by molar-refractivity contribution is 5.80. The molecule has 0 aliphatic heterocycles. The second-order valence-electron chi connectivity index (χ2n) is 10.8. The molecule has 0 aromatic heterocycles. The van der Waals surface area contributed by atoms with Crippen molar-refractivity contribution in [3.63, 3.8) is 0 Å². The van der Waals surface area contributed by atoms with Crippen molar-refractivity contribution in [1.29, 1.82) is 0 Å². The lowest BCUT2D eigenvalue weighted by Gasteiger charge is -2.28.